The van der Waals surface area contributed by atoms with Crippen molar-refractivity contribution in [2.75, 3.05) is 21.3 Å². The maximum Gasteiger partial charge on any atom is 0.244 e. The topological polar surface area (TPSA) is 77.0 Å². The van der Waals surface area contributed by atoms with Gasteiger partial charge in [0.25, 0.3) is 0 Å². The predicted molar refractivity (Wildman–Crippen MR) is 95.1 cm³/mol. The van der Waals surface area contributed by atoms with Crippen LogP contribution in [0.15, 0.2) is 42.5 Å². The fraction of sp³-hybridized carbons (Fsp3) is 0.211. The Hall–Kier alpha value is -3.15. The average molecular weight is 343 g/mol. The maximum atomic E-state index is 11.9. The molecule has 0 saturated heterocycles. The monoisotopic (exact) mass is 343 g/mol. The Morgan fingerprint density at radius 2 is 1.68 bits per heavy atom. The van der Waals surface area contributed by atoms with Crippen LogP contribution in [0.1, 0.15) is 11.1 Å². The van der Waals surface area contributed by atoms with E-state index in [0.29, 0.717) is 23.8 Å². The molecule has 2 N–H and O–H groups in total. The zero-order valence-electron chi connectivity index (χ0n) is 14.4. The van der Waals surface area contributed by atoms with E-state index < -0.39 is 0 Å². The maximum absolute atomic E-state index is 11.9. The highest BCUT2D eigenvalue weighted by Gasteiger charge is 2.05. The van der Waals surface area contributed by atoms with E-state index in [-0.39, 0.29) is 11.7 Å². The number of carbonyl (C=O) groups is 1. The van der Waals surface area contributed by atoms with Crippen molar-refractivity contribution in [1.82, 2.24) is 5.32 Å². The Labute approximate surface area is 146 Å². The van der Waals surface area contributed by atoms with Crippen molar-refractivity contribution in [2.24, 2.45) is 0 Å². The summed E-state index contributed by atoms with van der Waals surface area (Å²) in [6.45, 7) is 0.298. The third-order valence-electron chi connectivity index (χ3n) is 3.54. The van der Waals surface area contributed by atoms with Crippen LogP contribution in [0.3, 0.4) is 0 Å². The van der Waals surface area contributed by atoms with E-state index in [4.69, 9.17) is 14.2 Å². The molecule has 0 heterocycles. The summed E-state index contributed by atoms with van der Waals surface area (Å²) in [7, 11) is 4.61. The second kappa shape index (κ2) is 8.63. The summed E-state index contributed by atoms with van der Waals surface area (Å²) >= 11 is 0. The molecule has 2 rings (SSSR count). The predicted octanol–water partition coefficient (Wildman–Crippen LogP) is 2.75. The third-order valence-corrected chi connectivity index (χ3v) is 3.54. The van der Waals surface area contributed by atoms with Gasteiger partial charge in [-0.2, -0.15) is 0 Å². The van der Waals surface area contributed by atoms with Gasteiger partial charge in [-0.3, -0.25) is 4.79 Å². The summed E-state index contributed by atoms with van der Waals surface area (Å²) < 4.78 is 15.4. The fourth-order valence-electron chi connectivity index (χ4n) is 2.22. The van der Waals surface area contributed by atoms with Gasteiger partial charge in [-0.1, -0.05) is 12.1 Å². The van der Waals surface area contributed by atoms with Gasteiger partial charge >= 0.3 is 0 Å². The highest BCUT2D eigenvalue weighted by molar-refractivity contribution is 5.91. The Morgan fingerprint density at radius 1 is 1.00 bits per heavy atom. The molecule has 0 aliphatic heterocycles. The quantitative estimate of drug-likeness (QED) is 0.756. The molecule has 0 bridgehead atoms. The molecule has 0 aliphatic carbocycles. The van der Waals surface area contributed by atoms with E-state index in [1.807, 2.05) is 6.07 Å². The lowest BCUT2D eigenvalue weighted by molar-refractivity contribution is -0.116. The van der Waals surface area contributed by atoms with Gasteiger partial charge < -0.3 is 24.6 Å². The lowest BCUT2D eigenvalue weighted by atomic mass is 10.2. The number of hydrogen-bond donors (Lipinski definition) is 2. The van der Waals surface area contributed by atoms with E-state index >= 15 is 0 Å². The number of methoxy groups -OCH3 is 3. The number of nitrogens with one attached hydrogen (secondary N) is 1. The zero-order valence-corrected chi connectivity index (χ0v) is 14.4. The van der Waals surface area contributed by atoms with Crippen molar-refractivity contribution in [3.05, 3.63) is 53.6 Å². The standard InChI is InChI=1S/C19H21NO5/c1-23-16-7-5-14(10-15(16)21)12-20-19(22)9-6-13-4-8-17(24-2)18(11-13)25-3/h4-11,21H,12H2,1-3H3,(H,20,22)/b9-6+. The van der Waals surface area contributed by atoms with Crippen LogP contribution in [0, 0.1) is 0 Å². The van der Waals surface area contributed by atoms with Gasteiger partial charge in [0.2, 0.25) is 5.91 Å². The Kier molecular flexibility index (Phi) is 6.28. The molecule has 0 atom stereocenters. The molecule has 2 aromatic rings. The molecule has 0 spiro atoms. The number of ether oxygens (including phenoxy) is 3. The first kappa shape index (κ1) is 18.2. The van der Waals surface area contributed by atoms with Gasteiger partial charge in [-0.25, -0.2) is 0 Å². The van der Waals surface area contributed by atoms with Crippen molar-refractivity contribution in [1.29, 1.82) is 0 Å². The van der Waals surface area contributed by atoms with Gasteiger partial charge in [0.15, 0.2) is 23.0 Å². The number of hydrogen-bond acceptors (Lipinski definition) is 5. The SMILES string of the molecule is COc1ccc(CNC(=O)/C=C/c2ccc(OC)c(OC)c2)cc1O. The molecule has 1 amide bonds. The Bertz CT molecular complexity index is 770. The molecule has 25 heavy (non-hydrogen) atoms. The molecule has 132 valence electrons. The molecule has 0 aliphatic rings. The van der Waals surface area contributed by atoms with E-state index in [1.165, 1.54) is 13.2 Å². The van der Waals surface area contributed by atoms with Crippen LogP contribution in [-0.2, 0) is 11.3 Å². The largest absolute Gasteiger partial charge is 0.504 e. The number of phenolic OH excluding ortho intramolecular Hbond substituents is 1. The van der Waals surface area contributed by atoms with Gasteiger partial charge in [-0.15, -0.1) is 0 Å². The minimum absolute atomic E-state index is 0.0371. The van der Waals surface area contributed by atoms with E-state index in [2.05, 4.69) is 5.32 Å². The number of aromatic hydroxyl groups is 1. The fourth-order valence-corrected chi connectivity index (χ4v) is 2.22. The minimum Gasteiger partial charge on any atom is -0.504 e. The lowest BCUT2D eigenvalue weighted by Gasteiger charge is -2.08. The van der Waals surface area contributed by atoms with E-state index in [0.717, 1.165) is 11.1 Å². The molecule has 2 aromatic carbocycles. The molecule has 0 saturated carbocycles. The van der Waals surface area contributed by atoms with Crippen molar-refractivity contribution in [3.8, 4) is 23.0 Å². The van der Waals surface area contributed by atoms with Crippen LogP contribution in [-0.4, -0.2) is 32.3 Å². The van der Waals surface area contributed by atoms with Crippen LogP contribution in [0.4, 0.5) is 0 Å². The molecule has 0 fully saturated rings. The van der Waals surface area contributed by atoms with E-state index in [9.17, 15) is 9.90 Å². The summed E-state index contributed by atoms with van der Waals surface area (Å²) in [5.41, 5.74) is 1.58. The van der Waals surface area contributed by atoms with Gasteiger partial charge in [-0.05, 0) is 41.5 Å². The van der Waals surface area contributed by atoms with Gasteiger partial charge in [0.1, 0.15) is 0 Å². The average Bonchev–Trinajstić information content (AvgIpc) is 2.64. The normalized spacial score (nSPS) is 10.5. The van der Waals surface area contributed by atoms with Crippen LogP contribution < -0.4 is 19.5 Å². The third kappa shape index (κ3) is 4.91. The number of rotatable bonds is 7. The summed E-state index contributed by atoms with van der Waals surface area (Å²) in [4.78, 5) is 11.9. The van der Waals surface area contributed by atoms with Gasteiger partial charge in [0.05, 0.1) is 21.3 Å². The molecule has 0 aromatic heterocycles. The second-order valence-corrected chi connectivity index (χ2v) is 5.17. The molecular formula is C19H21NO5. The van der Waals surface area contributed by atoms with Crippen molar-refractivity contribution in [3.63, 3.8) is 0 Å². The van der Waals surface area contributed by atoms with Crippen molar-refractivity contribution < 1.29 is 24.1 Å². The second-order valence-electron chi connectivity index (χ2n) is 5.17. The number of amides is 1. The molecule has 0 radical (unpaired) electrons. The van der Waals surface area contributed by atoms with Gasteiger partial charge in [0, 0.05) is 12.6 Å². The summed E-state index contributed by atoms with van der Waals surface area (Å²) in [5, 5.41) is 12.5. The first-order valence-corrected chi connectivity index (χ1v) is 7.61. The van der Waals surface area contributed by atoms with Crippen LogP contribution in [0.2, 0.25) is 0 Å². The number of phenols is 1. The zero-order chi connectivity index (χ0) is 18.2. The summed E-state index contributed by atoms with van der Waals surface area (Å²) in [6, 6.07) is 10.4. The molecule has 6 heteroatoms. The highest BCUT2D eigenvalue weighted by Crippen LogP contribution is 2.28. The first-order chi connectivity index (χ1) is 12.1. The molecule has 6 nitrogen and oxygen atoms in total. The van der Waals surface area contributed by atoms with E-state index in [1.54, 1.807) is 50.6 Å². The Morgan fingerprint density at radius 3 is 2.32 bits per heavy atom. The number of carbonyl (C=O) groups excluding carboxylic acids is 1. The Balaban J connectivity index is 1.95. The van der Waals surface area contributed by atoms with Crippen LogP contribution >= 0.6 is 0 Å². The van der Waals surface area contributed by atoms with Crippen LogP contribution in [0.25, 0.3) is 6.08 Å². The molecular weight excluding hydrogens is 322 g/mol. The highest BCUT2D eigenvalue weighted by atomic mass is 16.5. The minimum atomic E-state index is -0.245. The first-order valence-electron chi connectivity index (χ1n) is 7.61. The number of benzene rings is 2. The molecule has 0 unspecified atom stereocenters. The summed E-state index contributed by atoms with van der Waals surface area (Å²) in [5.74, 6) is 1.41. The smallest absolute Gasteiger partial charge is 0.244 e. The summed E-state index contributed by atoms with van der Waals surface area (Å²) in [6.07, 6.45) is 3.12. The lowest BCUT2D eigenvalue weighted by Crippen LogP contribution is -2.20. The van der Waals surface area contributed by atoms with Crippen molar-refractivity contribution in [2.45, 2.75) is 6.54 Å². The van der Waals surface area contributed by atoms with Crippen LogP contribution in [0.5, 0.6) is 23.0 Å². The van der Waals surface area contributed by atoms with Crippen molar-refractivity contribution >= 4 is 12.0 Å².